The Morgan fingerprint density at radius 1 is 1.21 bits per heavy atom. The van der Waals surface area contributed by atoms with Gasteiger partial charge in [0.25, 0.3) is 5.91 Å². The molecule has 7 nitrogen and oxygen atoms in total. The molecule has 4 rings (SSSR count). The van der Waals surface area contributed by atoms with Crippen molar-refractivity contribution in [3.05, 3.63) is 24.2 Å². The number of amides is 2. The second-order valence-corrected chi connectivity index (χ2v) is 8.44. The minimum absolute atomic E-state index is 0. The first-order valence-corrected chi connectivity index (χ1v) is 10.1. The molecule has 3 fully saturated rings. The van der Waals surface area contributed by atoms with Gasteiger partial charge in [0.15, 0.2) is 5.76 Å². The molecular formula is C20H32Cl2N4O3. The van der Waals surface area contributed by atoms with Crippen LogP contribution in [0, 0.1) is 5.41 Å². The smallest absolute Gasteiger partial charge is 0.289 e. The number of furan rings is 1. The predicted molar refractivity (Wildman–Crippen MR) is 116 cm³/mol. The third kappa shape index (κ3) is 5.26. The Hall–Kier alpha value is -1.28. The van der Waals surface area contributed by atoms with Crippen molar-refractivity contribution >= 4 is 36.6 Å². The van der Waals surface area contributed by atoms with Crippen molar-refractivity contribution in [2.75, 3.05) is 39.8 Å². The van der Waals surface area contributed by atoms with Crippen molar-refractivity contribution in [1.29, 1.82) is 0 Å². The zero-order valence-corrected chi connectivity index (χ0v) is 18.5. The Kier molecular flexibility index (Phi) is 8.40. The molecular weight excluding hydrogens is 415 g/mol. The van der Waals surface area contributed by atoms with E-state index in [1.165, 1.54) is 6.26 Å². The topological polar surface area (TPSA) is 77.8 Å². The quantitative estimate of drug-likeness (QED) is 0.741. The third-order valence-electron chi connectivity index (χ3n) is 6.57. The van der Waals surface area contributed by atoms with Gasteiger partial charge >= 0.3 is 0 Å². The molecule has 1 unspecified atom stereocenters. The van der Waals surface area contributed by atoms with Crippen LogP contribution in [0.4, 0.5) is 0 Å². The number of carbonyl (C=O) groups is 2. The van der Waals surface area contributed by atoms with E-state index in [2.05, 4.69) is 22.6 Å². The van der Waals surface area contributed by atoms with Crippen LogP contribution in [0.5, 0.6) is 0 Å². The zero-order chi connectivity index (χ0) is 18.9. The third-order valence-corrected chi connectivity index (χ3v) is 6.57. The maximum atomic E-state index is 12.9. The molecule has 0 aromatic carbocycles. The molecule has 1 aromatic heterocycles. The highest BCUT2D eigenvalue weighted by atomic mass is 35.5. The van der Waals surface area contributed by atoms with Crippen LogP contribution in [0.15, 0.2) is 22.8 Å². The lowest BCUT2D eigenvalue weighted by Gasteiger charge is -2.33. The molecule has 0 aliphatic carbocycles. The first kappa shape index (κ1) is 24.0. The highest BCUT2D eigenvalue weighted by molar-refractivity contribution is 5.91. The Balaban J connectivity index is 0.00000150. The fraction of sp³-hybridized carbons (Fsp3) is 0.700. The van der Waals surface area contributed by atoms with E-state index in [0.717, 1.165) is 51.7 Å². The standard InChI is InChI=1S/C20H30N4O3.2ClH/c1-23-14-20(6-8-21-9-7-20)13-16(23)18(25)22-15-4-10-24(11-5-15)19(26)17-3-2-12-27-17;;/h2-3,12,15-16,21H,4-11,13-14H2,1H3,(H,22,25);2*1H. The van der Waals surface area contributed by atoms with Crippen molar-refractivity contribution in [2.45, 2.75) is 44.2 Å². The van der Waals surface area contributed by atoms with Crippen LogP contribution in [0.2, 0.25) is 0 Å². The number of piperidine rings is 2. The van der Waals surface area contributed by atoms with E-state index in [1.54, 1.807) is 12.1 Å². The number of rotatable bonds is 3. The molecule has 4 heterocycles. The van der Waals surface area contributed by atoms with Gasteiger partial charge in [0, 0.05) is 25.7 Å². The van der Waals surface area contributed by atoms with Gasteiger partial charge in [-0.2, -0.15) is 0 Å². The molecule has 3 aliphatic rings. The molecule has 1 aromatic rings. The van der Waals surface area contributed by atoms with Crippen LogP contribution in [0.3, 0.4) is 0 Å². The molecule has 2 amide bonds. The van der Waals surface area contributed by atoms with Gasteiger partial charge in [0.2, 0.25) is 5.91 Å². The van der Waals surface area contributed by atoms with E-state index in [-0.39, 0.29) is 48.7 Å². The highest BCUT2D eigenvalue weighted by Gasteiger charge is 2.45. The van der Waals surface area contributed by atoms with E-state index in [0.29, 0.717) is 24.3 Å². The molecule has 0 bridgehead atoms. The second-order valence-electron chi connectivity index (χ2n) is 8.44. The normalized spacial score (nSPS) is 24.6. The molecule has 0 saturated carbocycles. The number of nitrogens with one attached hydrogen (secondary N) is 2. The average molecular weight is 447 g/mol. The maximum absolute atomic E-state index is 12.9. The number of likely N-dealkylation sites (tertiary alicyclic amines) is 2. The van der Waals surface area contributed by atoms with E-state index in [4.69, 9.17) is 4.42 Å². The van der Waals surface area contributed by atoms with Gasteiger partial charge < -0.3 is 20.0 Å². The number of carbonyl (C=O) groups excluding carboxylic acids is 2. The Labute approximate surface area is 184 Å². The lowest BCUT2D eigenvalue weighted by molar-refractivity contribution is -0.126. The first-order chi connectivity index (χ1) is 13.1. The van der Waals surface area contributed by atoms with E-state index in [1.807, 2.05) is 4.90 Å². The van der Waals surface area contributed by atoms with Crippen LogP contribution in [0.1, 0.15) is 42.7 Å². The van der Waals surface area contributed by atoms with Gasteiger partial charge in [-0.1, -0.05) is 0 Å². The van der Waals surface area contributed by atoms with Crippen LogP contribution < -0.4 is 10.6 Å². The summed E-state index contributed by atoms with van der Waals surface area (Å²) in [6.45, 7) is 4.44. The number of halogens is 2. The van der Waals surface area contributed by atoms with Crippen molar-refractivity contribution in [3.63, 3.8) is 0 Å². The minimum atomic E-state index is -0.0619. The summed E-state index contributed by atoms with van der Waals surface area (Å²) in [5.74, 6) is 0.481. The predicted octanol–water partition coefficient (Wildman–Crippen LogP) is 1.92. The summed E-state index contributed by atoms with van der Waals surface area (Å²) in [6.07, 6.45) is 6.40. The zero-order valence-electron chi connectivity index (χ0n) is 16.9. The van der Waals surface area contributed by atoms with Gasteiger partial charge in [0.05, 0.1) is 12.3 Å². The molecule has 2 N–H and O–H groups in total. The number of hydrogen-bond donors (Lipinski definition) is 2. The molecule has 9 heteroatoms. The summed E-state index contributed by atoms with van der Waals surface area (Å²) >= 11 is 0. The highest BCUT2D eigenvalue weighted by Crippen LogP contribution is 2.41. The molecule has 1 atom stereocenters. The summed E-state index contributed by atoms with van der Waals surface area (Å²) in [5, 5.41) is 6.68. The van der Waals surface area contributed by atoms with Gasteiger partial charge in [-0.15, -0.1) is 24.8 Å². The van der Waals surface area contributed by atoms with Crippen molar-refractivity contribution in [2.24, 2.45) is 5.41 Å². The number of likely N-dealkylation sites (N-methyl/N-ethyl adjacent to an activating group) is 1. The van der Waals surface area contributed by atoms with Crippen LogP contribution in [-0.2, 0) is 4.79 Å². The largest absolute Gasteiger partial charge is 0.459 e. The molecule has 3 aliphatic heterocycles. The molecule has 1 spiro atoms. The summed E-state index contributed by atoms with van der Waals surface area (Å²) in [6, 6.07) is 3.55. The van der Waals surface area contributed by atoms with Crippen LogP contribution in [-0.4, -0.2) is 73.5 Å². The van der Waals surface area contributed by atoms with Gasteiger partial charge in [-0.25, -0.2) is 0 Å². The van der Waals surface area contributed by atoms with Crippen LogP contribution in [0.25, 0.3) is 0 Å². The monoisotopic (exact) mass is 446 g/mol. The van der Waals surface area contributed by atoms with E-state index in [9.17, 15) is 9.59 Å². The lowest BCUT2D eigenvalue weighted by atomic mass is 9.77. The molecule has 29 heavy (non-hydrogen) atoms. The summed E-state index contributed by atoms with van der Waals surface area (Å²) in [5.41, 5.74) is 0.306. The number of hydrogen-bond acceptors (Lipinski definition) is 5. The summed E-state index contributed by atoms with van der Waals surface area (Å²) in [4.78, 5) is 29.3. The van der Waals surface area contributed by atoms with Crippen molar-refractivity contribution < 1.29 is 14.0 Å². The lowest BCUT2D eigenvalue weighted by Crippen LogP contribution is -2.50. The van der Waals surface area contributed by atoms with E-state index < -0.39 is 0 Å². The summed E-state index contributed by atoms with van der Waals surface area (Å²) < 4.78 is 5.20. The first-order valence-electron chi connectivity index (χ1n) is 10.1. The number of nitrogens with zero attached hydrogens (tertiary/aromatic N) is 2. The van der Waals surface area contributed by atoms with Crippen molar-refractivity contribution in [1.82, 2.24) is 20.4 Å². The Morgan fingerprint density at radius 3 is 2.52 bits per heavy atom. The van der Waals surface area contributed by atoms with E-state index >= 15 is 0 Å². The molecule has 164 valence electrons. The average Bonchev–Trinajstić information content (AvgIpc) is 3.31. The van der Waals surface area contributed by atoms with Crippen LogP contribution >= 0.6 is 24.8 Å². The van der Waals surface area contributed by atoms with Crippen molar-refractivity contribution in [3.8, 4) is 0 Å². The fourth-order valence-electron chi connectivity index (χ4n) is 4.96. The second kappa shape index (κ2) is 10.2. The SMILES string of the molecule is CN1CC2(CCNCC2)CC1C(=O)NC1CCN(C(=O)c2ccco2)CC1.Cl.Cl. The van der Waals surface area contributed by atoms with Gasteiger partial charge in [-0.3, -0.25) is 14.5 Å². The minimum Gasteiger partial charge on any atom is -0.459 e. The Morgan fingerprint density at radius 2 is 1.90 bits per heavy atom. The molecule has 0 radical (unpaired) electrons. The Bertz CT molecular complexity index is 671. The van der Waals surface area contributed by atoms with Gasteiger partial charge in [-0.05, 0) is 69.8 Å². The molecule has 3 saturated heterocycles. The maximum Gasteiger partial charge on any atom is 0.289 e. The summed E-state index contributed by atoms with van der Waals surface area (Å²) in [7, 11) is 2.08. The fourth-order valence-corrected chi connectivity index (χ4v) is 4.96. The van der Waals surface area contributed by atoms with Gasteiger partial charge in [0.1, 0.15) is 0 Å².